The highest BCUT2D eigenvalue weighted by molar-refractivity contribution is 6.23. The van der Waals surface area contributed by atoms with Crippen LogP contribution in [0.15, 0.2) is 53.5 Å². The summed E-state index contributed by atoms with van der Waals surface area (Å²) in [5.41, 5.74) is 1.85. The summed E-state index contributed by atoms with van der Waals surface area (Å²) in [6.07, 6.45) is 1.81. The van der Waals surface area contributed by atoms with Crippen LogP contribution in [0.25, 0.3) is 0 Å². The van der Waals surface area contributed by atoms with E-state index in [0.29, 0.717) is 17.9 Å². The Balaban J connectivity index is 1.40. The Morgan fingerprint density at radius 2 is 1.83 bits per heavy atom. The molecule has 8 heteroatoms. The quantitative estimate of drug-likeness (QED) is 0.597. The van der Waals surface area contributed by atoms with E-state index in [1.165, 1.54) is 6.21 Å². The number of aliphatic imine (C=N–C) groups is 1. The van der Waals surface area contributed by atoms with Gasteiger partial charge in [-0.05, 0) is 29.7 Å². The van der Waals surface area contributed by atoms with Crippen molar-refractivity contribution in [2.24, 2.45) is 10.9 Å². The number of hydrogen-bond donors (Lipinski definition) is 1. The number of nitrogens with one attached hydrogen (secondary N) is 1. The Bertz CT molecular complexity index is 974. The molecule has 8 nitrogen and oxygen atoms in total. The Labute approximate surface area is 167 Å². The van der Waals surface area contributed by atoms with Gasteiger partial charge in [0.25, 0.3) is 0 Å². The topological polar surface area (TPSA) is 97.3 Å². The van der Waals surface area contributed by atoms with Crippen LogP contribution in [0.4, 0.5) is 4.79 Å². The number of imide groups is 2. The lowest BCUT2D eigenvalue weighted by molar-refractivity contribution is -0.139. The van der Waals surface area contributed by atoms with Crippen LogP contribution in [0.3, 0.4) is 0 Å². The van der Waals surface area contributed by atoms with Crippen molar-refractivity contribution in [3.05, 3.63) is 59.7 Å². The zero-order valence-corrected chi connectivity index (χ0v) is 15.5. The molecule has 29 heavy (non-hydrogen) atoms. The average molecular weight is 393 g/mol. The molecule has 0 saturated carbocycles. The molecule has 4 amide bonds. The van der Waals surface area contributed by atoms with Gasteiger partial charge >= 0.3 is 6.03 Å². The Morgan fingerprint density at radius 3 is 2.66 bits per heavy atom. The molecular formula is C21H19N3O5. The highest BCUT2D eigenvalue weighted by atomic mass is 16.7. The van der Waals surface area contributed by atoms with Crippen molar-refractivity contribution in [3.8, 4) is 11.5 Å². The van der Waals surface area contributed by atoms with Gasteiger partial charge in [-0.2, -0.15) is 0 Å². The zero-order chi connectivity index (χ0) is 20.2. The maximum Gasteiger partial charge on any atom is 0.330 e. The minimum Gasteiger partial charge on any atom is -0.454 e. The summed E-state index contributed by atoms with van der Waals surface area (Å²) in [6.45, 7) is 0.645. The van der Waals surface area contributed by atoms with Crippen LogP contribution in [0.5, 0.6) is 11.5 Å². The average Bonchev–Trinajstić information content (AvgIpc) is 3.19. The molecule has 2 heterocycles. The van der Waals surface area contributed by atoms with Crippen LogP contribution in [0.1, 0.15) is 11.1 Å². The molecule has 0 spiro atoms. The van der Waals surface area contributed by atoms with Gasteiger partial charge in [0, 0.05) is 12.8 Å². The van der Waals surface area contributed by atoms with Crippen molar-refractivity contribution < 1.29 is 23.9 Å². The first kappa shape index (κ1) is 18.7. The summed E-state index contributed by atoms with van der Waals surface area (Å²) in [5, 5.41) is 2.23. The van der Waals surface area contributed by atoms with Crippen LogP contribution in [0, 0.1) is 5.92 Å². The fraction of sp³-hybridized carbons (Fsp3) is 0.238. The molecule has 2 aliphatic heterocycles. The standard InChI is InChI=1S/C21H19N3O5/c25-19-16(12-22-11-15-6-7-17-18(10-15)29-13-28-17)20(26)24(21(27)23-19)9-8-14-4-2-1-3-5-14/h1-7,10,12,16H,8-9,11,13H2,(H,23,25,27)/t16-/m1/s1. The maximum absolute atomic E-state index is 12.7. The molecule has 1 atom stereocenters. The predicted octanol–water partition coefficient (Wildman–Crippen LogP) is 1.92. The van der Waals surface area contributed by atoms with E-state index in [-0.39, 0.29) is 19.9 Å². The van der Waals surface area contributed by atoms with E-state index in [4.69, 9.17) is 9.47 Å². The number of carbonyl (C=O) groups is 3. The molecule has 2 aliphatic rings. The molecule has 0 radical (unpaired) electrons. The second-order valence-electron chi connectivity index (χ2n) is 6.67. The summed E-state index contributed by atoms with van der Waals surface area (Å²) in [6, 6.07) is 14.2. The fourth-order valence-electron chi connectivity index (χ4n) is 3.16. The van der Waals surface area contributed by atoms with E-state index >= 15 is 0 Å². The molecule has 4 rings (SSSR count). The van der Waals surface area contributed by atoms with Gasteiger partial charge in [-0.3, -0.25) is 24.8 Å². The Kier molecular flexibility index (Phi) is 5.24. The van der Waals surface area contributed by atoms with Crippen molar-refractivity contribution in [2.75, 3.05) is 13.3 Å². The van der Waals surface area contributed by atoms with E-state index in [2.05, 4.69) is 10.3 Å². The number of amides is 4. The number of urea groups is 1. The molecule has 1 N–H and O–H groups in total. The van der Waals surface area contributed by atoms with E-state index in [0.717, 1.165) is 16.0 Å². The van der Waals surface area contributed by atoms with Gasteiger partial charge in [-0.1, -0.05) is 36.4 Å². The molecule has 148 valence electrons. The predicted molar refractivity (Wildman–Crippen MR) is 104 cm³/mol. The summed E-state index contributed by atoms with van der Waals surface area (Å²) in [5.74, 6) is -1.04. The molecule has 0 aromatic heterocycles. The lowest BCUT2D eigenvalue weighted by Gasteiger charge is -2.28. The first-order valence-corrected chi connectivity index (χ1v) is 9.20. The summed E-state index contributed by atoms with van der Waals surface area (Å²) >= 11 is 0. The minimum atomic E-state index is -1.13. The van der Waals surface area contributed by atoms with Crippen molar-refractivity contribution in [1.82, 2.24) is 10.2 Å². The third kappa shape index (κ3) is 4.11. The molecule has 1 fully saturated rings. The van der Waals surface area contributed by atoms with E-state index in [1.807, 2.05) is 36.4 Å². The van der Waals surface area contributed by atoms with Crippen molar-refractivity contribution in [1.29, 1.82) is 0 Å². The SMILES string of the molecule is O=C1NC(=O)N(CCc2ccccc2)C(=O)[C@@H]1C=NCc1ccc2c(c1)OCO2. The smallest absolute Gasteiger partial charge is 0.330 e. The van der Waals surface area contributed by atoms with Gasteiger partial charge in [-0.25, -0.2) is 4.79 Å². The third-order valence-corrected chi connectivity index (χ3v) is 4.72. The molecule has 0 unspecified atom stereocenters. The molecular weight excluding hydrogens is 374 g/mol. The van der Waals surface area contributed by atoms with Crippen LogP contribution in [0.2, 0.25) is 0 Å². The van der Waals surface area contributed by atoms with Crippen LogP contribution >= 0.6 is 0 Å². The number of barbiturate groups is 1. The van der Waals surface area contributed by atoms with E-state index < -0.39 is 23.8 Å². The Hall–Kier alpha value is -3.68. The second-order valence-corrected chi connectivity index (χ2v) is 6.67. The van der Waals surface area contributed by atoms with Gasteiger partial charge in [0.1, 0.15) is 0 Å². The number of ether oxygens (including phenoxy) is 2. The second kappa shape index (κ2) is 8.14. The first-order valence-electron chi connectivity index (χ1n) is 9.20. The number of fused-ring (bicyclic) bond motifs is 1. The number of benzene rings is 2. The summed E-state index contributed by atoms with van der Waals surface area (Å²) in [4.78, 5) is 42.2. The normalized spacial score (nSPS) is 18.4. The molecule has 1 saturated heterocycles. The van der Waals surface area contributed by atoms with Gasteiger partial charge in [0.15, 0.2) is 17.4 Å². The molecule has 0 bridgehead atoms. The highest BCUT2D eigenvalue weighted by Gasteiger charge is 2.39. The van der Waals surface area contributed by atoms with Crippen LogP contribution < -0.4 is 14.8 Å². The van der Waals surface area contributed by atoms with Crippen molar-refractivity contribution in [3.63, 3.8) is 0 Å². The number of carbonyl (C=O) groups excluding carboxylic acids is 3. The molecule has 0 aliphatic carbocycles. The van der Waals surface area contributed by atoms with Crippen molar-refractivity contribution in [2.45, 2.75) is 13.0 Å². The van der Waals surface area contributed by atoms with Gasteiger partial charge in [-0.15, -0.1) is 0 Å². The zero-order valence-electron chi connectivity index (χ0n) is 15.5. The minimum absolute atomic E-state index is 0.186. The largest absolute Gasteiger partial charge is 0.454 e. The first-order chi connectivity index (χ1) is 14.1. The lowest BCUT2D eigenvalue weighted by atomic mass is 10.1. The van der Waals surface area contributed by atoms with Gasteiger partial charge in [0.05, 0.1) is 6.54 Å². The monoisotopic (exact) mass is 393 g/mol. The van der Waals surface area contributed by atoms with E-state index in [1.54, 1.807) is 12.1 Å². The fourth-order valence-corrected chi connectivity index (χ4v) is 3.16. The summed E-state index contributed by atoms with van der Waals surface area (Å²) < 4.78 is 10.6. The molecule has 2 aromatic carbocycles. The number of nitrogens with zero attached hydrogens (tertiary/aromatic N) is 2. The van der Waals surface area contributed by atoms with Crippen molar-refractivity contribution >= 4 is 24.1 Å². The number of rotatable bonds is 6. The molecule has 2 aromatic rings. The van der Waals surface area contributed by atoms with Gasteiger partial charge in [0.2, 0.25) is 18.6 Å². The van der Waals surface area contributed by atoms with E-state index in [9.17, 15) is 14.4 Å². The summed E-state index contributed by atoms with van der Waals surface area (Å²) in [7, 11) is 0. The third-order valence-electron chi connectivity index (χ3n) is 4.72. The highest BCUT2D eigenvalue weighted by Crippen LogP contribution is 2.32. The number of hydrogen-bond acceptors (Lipinski definition) is 6. The lowest BCUT2D eigenvalue weighted by Crippen LogP contribution is -2.58. The maximum atomic E-state index is 12.7. The van der Waals surface area contributed by atoms with Crippen LogP contribution in [-0.4, -0.2) is 42.3 Å². The van der Waals surface area contributed by atoms with Crippen LogP contribution in [-0.2, 0) is 22.6 Å². The van der Waals surface area contributed by atoms with Gasteiger partial charge < -0.3 is 9.47 Å². The Morgan fingerprint density at radius 1 is 1.03 bits per heavy atom.